The van der Waals surface area contributed by atoms with Crippen LogP contribution in [0.15, 0.2) is 64.7 Å². The molecule has 110 valence electrons. The summed E-state index contributed by atoms with van der Waals surface area (Å²) in [7, 11) is 0. The van der Waals surface area contributed by atoms with E-state index in [-0.39, 0.29) is 0 Å². The number of thioether (sulfide) groups is 1. The van der Waals surface area contributed by atoms with Gasteiger partial charge in [-0.15, -0.1) is 0 Å². The summed E-state index contributed by atoms with van der Waals surface area (Å²) in [6, 6.07) is 18.0. The predicted molar refractivity (Wildman–Crippen MR) is 95.4 cm³/mol. The van der Waals surface area contributed by atoms with E-state index in [2.05, 4.69) is 11.1 Å². The van der Waals surface area contributed by atoms with E-state index in [1.807, 2.05) is 65.3 Å². The number of para-hydroxylation sites is 1. The molecule has 0 fully saturated rings. The molecule has 4 nitrogen and oxygen atoms in total. The van der Waals surface area contributed by atoms with Crippen molar-refractivity contribution in [3.05, 3.63) is 66.0 Å². The average molecular weight is 316 g/mol. The van der Waals surface area contributed by atoms with Crippen LogP contribution in [0.5, 0.6) is 0 Å². The largest absolute Gasteiger partial charge is 0.311 e. The number of pyridine rings is 1. The zero-order valence-corrected chi connectivity index (χ0v) is 13.0. The second-order valence-electron chi connectivity index (χ2n) is 5.02. The van der Waals surface area contributed by atoms with Gasteiger partial charge < -0.3 is 4.40 Å². The Balaban J connectivity index is 2.02. The van der Waals surface area contributed by atoms with Gasteiger partial charge in [-0.1, -0.05) is 36.0 Å². The summed E-state index contributed by atoms with van der Waals surface area (Å²) >= 11 is 1.63. The second-order valence-corrected chi connectivity index (χ2v) is 6.02. The molecule has 4 rings (SSSR count). The maximum Gasteiger partial charge on any atom is 0.123 e. The van der Waals surface area contributed by atoms with E-state index in [0.29, 0.717) is 11.3 Å². The summed E-state index contributed by atoms with van der Waals surface area (Å²) in [6.07, 6.45) is 3.80. The van der Waals surface area contributed by atoms with Crippen molar-refractivity contribution in [3.8, 4) is 6.07 Å². The van der Waals surface area contributed by atoms with Crippen LogP contribution in [0.2, 0.25) is 0 Å². The lowest BCUT2D eigenvalue weighted by Gasteiger charge is -2.05. The molecule has 0 atom stereocenters. The molecular weight excluding hydrogens is 304 g/mol. The maximum absolute atomic E-state index is 9.56. The number of hydrogen-bond donors (Lipinski definition) is 0. The minimum absolute atomic E-state index is 0.597. The van der Waals surface area contributed by atoms with Crippen molar-refractivity contribution in [2.24, 2.45) is 9.98 Å². The van der Waals surface area contributed by atoms with Crippen LogP contribution < -0.4 is 0 Å². The summed E-state index contributed by atoms with van der Waals surface area (Å²) in [5.74, 6) is 0.736. The van der Waals surface area contributed by atoms with E-state index >= 15 is 0 Å². The van der Waals surface area contributed by atoms with Gasteiger partial charge in [-0.05, 0) is 24.3 Å². The molecule has 0 aliphatic carbocycles. The molecule has 0 saturated carbocycles. The van der Waals surface area contributed by atoms with Crippen molar-refractivity contribution in [1.82, 2.24) is 4.40 Å². The van der Waals surface area contributed by atoms with Crippen LogP contribution in [0.25, 0.3) is 5.52 Å². The Morgan fingerprint density at radius 2 is 1.96 bits per heavy atom. The molecule has 23 heavy (non-hydrogen) atoms. The molecule has 3 aromatic rings. The number of fused-ring (bicyclic) bond motifs is 3. The summed E-state index contributed by atoms with van der Waals surface area (Å²) in [5, 5.41) is 10.4. The Hall–Kier alpha value is -2.84. The van der Waals surface area contributed by atoms with E-state index in [4.69, 9.17) is 4.99 Å². The Kier molecular flexibility index (Phi) is 3.45. The highest BCUT2D eigenvalue weighted by Gasteiger charge is 2.23. The highest BCUT2D eigenvalue weighted by Crippen LogP contribution is 2.36. The van der Waals surface area contributed by atoms with Gasteiger partial charge >= 0.3 is 0 Å². The highest BCUT2D eigenvalue weighted by atomic mass is 32.2. The van der Waals surface area contributed by atoms with Crippen LogP contribution in [-0.2, 0) is 0 Å². The van der Waals surface area contributed by atoms with Gasteiger partial charge in [-0.25, -0.2) is 4.99 Å². The highest BCUT2D eigenvalue weighted by molar-refractivity contribution is 8.14. The van der Waals surface area contributed by atoms with Crippen molar-refractivity contribution in [2.75, 3.05) is 5.75 Å². The smallest absolute Gasteiger partial charge is 0.123 e. The first kappa shape index (κ1) is 13.8. The van der Waals surface area contributed by atoms with E-state index in [1.165, 1.54) is 0 Å². The lowest BCUT2D eigenvalue weighted by Crippen LogP contribution is -2.00. The number of aliphatic imine (C=N–C) groups is 2. The van der Waals surface area contributed by atoms with Gasteiger partial charge in [0.15, 0.2) is 0 Å². The van der Waals surface area contributed by atoms with Crippen LogP contribution in [-0.4, -0.2) is 21.4 Å². The van der Waals surface area contributed by atoms with E-state index in [9.17, 15) is 5.26 Å². The van der Waals surface area contributed by atoms with Gasteiger partial charge in [0.2, 0.25) is 0 Å². The van der Waals surface area contributed by atoms with Crippen molar-refractivity contribution in [1.29, 1.82) is 5.26 Å². The van der Waals surface area contributed by atoms with E-state index in [0.717, 1.165) is 27.7 Å². The molecule has 2 aromatic heterocycles. The third-order valence-corrected chi connectivity index (χ3v) is 4.51. The summed E-state index contributed by atoms with van der Waals surface area (Å²) in [6.45, 7) is 0. The van der Waals surface area contributed by atoms with Gasteiger partial charge in [0, 0.05) is 18.2 Å². The van der Waals surface area contributed by atoms with Crippen LogP contribution in [0.1, 0.15) is 11.3 Å². The quantitative estimate of drug-likeness (QED) is 0.670. The molecule has 1 aliphatic rings. The number of nitrogens with zero attached hydrogens (tertiary/aromatic N) is 4. The fourth-order valence-electron chi connectivity index (χ4n) is 2.65. The van der Waals surface area contributed by atoms with Crippen LogP contribution >= 0.6 is 11.8 Å². The van der Waals surface area contributed by atoms with Crippen molar-refractivity contribution in [3.63, 3.8) is 0 Å². The van der Waals surface area contributed by atoms with Crippen LogP contribution in [0, 0.1) is 11.3 Å². The van der Waals surface area contributed by atoms with Gasteiger partial charge in [0.1, 0.15) is 28.1 Å². The van der Waals surface area contributed by atoms with Crippen molar-refractivity contribution < 1.29 is 0 Å². The number of aromatic nitrogens is 1. The third-order valence-electron chi connectivity index (χ3n) is 3.63. The van der Waals surface area contributed by atoms with Gasteiger partial charge in [-0.2, -0.15) is 5.26 Å². The molecular formula is C18H12N4S. The first-order valence-corrected chi connectivity index (χ1v) is 8.19. The molecule has 0 amide bonds. The molecule has 0 N–H and O–H groups in total. The second kappa shape index (κ2) is 5.75. The SMILES string of the molecule is N#Cc1c2c(n3ccccc13)C(=Nc1ccccc1)SCC=N2. The first-order chi connectivity index (χ1) is 11.4. The minimum Gasteiger partial charge on any atom is -0.311 e. The molecule has 0 unspecified atom stereocenters. The lowest BCUT2D eigenvalue weighted by molar-refractivity contribution is 1.18. The van der Waals surface area contributed by atoms with Gasteiger partial charge in [0.25, 0.3) is 0 Å². The van der Waals surface area contributed by atoms with Crippen LogP contribution in [0.3, 0.4) is 0 Å². The topological polar surface area (TPSA) is 52.9 Å². The molecule has 5 heteroatoms. The zero-order chi connectivity index (χ0) is 15.6. The molecule has 1 aromatic carbocycles. The molecule has 0 saturated heterocycles. The zero-order valence-electron chi connectivity index (χ0n) is 12.2. The van der Waals surface area contributed by atoms with Crippen molar-refractivity contribution in [2.45, 2.75) is 0 Å². The number of nitriles is 1. The number of benzene rings is 1. The van der Waals surface area contributed by atoms with Gasteiger partial charge in [-0.3, -0.25) is 4.99 Å². The Morgan fingerprint density at radius 3 is 2.78 bits per heavy atom. The standard InChI is InChI=1S/C18H12N4S/c19-12-14-15-8-4-5-10-22(15)17-16(14)20-9-11-23-18(17)21-13-6-2-1-3-7-13/h1-10H,11H2. The average Bonchev–Trinajstić information content (AvgIpc) is 2.77. The molecule has 1 aliphatic heterocycles. The number of hydrogen-bond acceptors (Lipinski definition) is 4. The molecule has 3 heterocycles. The fraction of sp³-hybridized carbons (Fsp3) is 0.0556. The molecule has 0 bridgehead atoms. The van der Waals surface area contributed by atoms with E-state index < -0.39 is 0 Å². The van der Waals surface area contributed by atoms with Crippen molar-refractivity contribution >= 4 is 39.9 Å². The predicted octanol–water partition coefficient (Wildman–Crippen LogP) is 4.34. The maximum atomic E-state index is 9.56. The Bertz CT molecular complexity index is 977. The van der Waals surface area contributed by atoms with E-state index in [1.54, 1.807) is 11.8 Å². The van der Waals surface area contributed by atoms with Gasteiger partial charge in [0.05, 0.1) is 11.2 Å². The third kappa shape index (κ3) is 2.33. The minimum atomic E-state index is 0.597. The Morgan fingerprint density at radius 1 is 1.13 bits per heavy atom. The fourth-order valence-corrected chi connectivity index (χ4v) is 3.46. The molecule has 0 spiro atoms. The first-order valence-electron chi connectivity index (χ1n) is 7.21. The summed E-state index contributed by atoms with van der Waals surface area (Å²) in [5.41, 5.74) is 3.95. The molecule has 0 radical (unpaired) electrons. The lowest BCUT2D eigenvalue weighted by atomic mass is 10.2. The monoisotopic (exact) mass is 316 g/mol. The normalized spacial score (nSPS) is 15.3. The van der Waals surface area contributed by atoms with Crippen LogP contribution in [0.4, 0.5) is 11.4 Å². The Labute approximate surface area is 137 Å². The summed E-state index contributed by atoms with van der Waals surface area (Å²) in [4.78, 5) is 9.30. The number of rotatable bonds is 1. The summed E-state index contributed by atoms with van der Waals surface area (Å²) < 4.78 is 2.01.